The molecule has 2 aromatic heterocycles. The fourth-order valence-corrected chi connectivity index (χ4v) is 1.86. The van der Waals surface area contributed by atoms with Gasteiger partial charge in [0.1, 0.15) is 11.8 Å². The van der Waals surface area contributed by atoms with Crippen LogP contribution in [0.1, 0.15) is 11.3 Å². The Labute approximate surface area is 109 Å². The van der Waals surface area contributed by atoms with Crippen LogP contribution in [0.4, 0.5) is 0 Å². The number of aromatic amines is 1. The Morgan fingerprint density at radius 1 is 1.32 bits per heavy atom. The van der Waals surface area contributed by atoms with Crippen molar-refractivity contribution in [1.29, 1.82) is 5.26 Å². The maximum absolute atomic E-state index is 8.77. The molecular weight excluding hydrogens is 240 g/mol. The highest BCUT2D eigenvalue weighted by atomic mass is 16.5. The topological polar surface area (TPSA) is 78.5 Å². The Morgan fingerprint density at radius 2 is 2.16 bits per heavy atom. The monoisotopic (exact) mass is 250 g/mol. The average molecular weight is 250 g/mol. The van der Waals surface area contributed by atoms with Gasteiger partial charge >= 0.3 is 0 Å². The Kier molecular flexibility index (Phi) is 2.62. The minimum atomic E-state index is 0.399. The predicted octanol–water partition coefficient (Wildman–Crippen LogP) is 2.91. The largest absolute Gasteiger partial charge is 0.352 e. The number of H-pyrrole nitrogens is 1. The molecule has 3 aromatic rings. The zero-order valence-corrected chi connectivity index (χ0v) is 10.2. The van der Waals surface area contributed by atoms with Gasteiger partial charge < -0.3 is 9.51 Å². The lowest BCUT2D eigenvalue weighted by molar-refractivity contribution is 0.432. The van der Waals surface area contributed by atoms with E-state index in [9.17, 15) is 0 Å². The number of hydrogen-bond acceptors (Lipinski definition) is 4. The molecular formula is C14H10N4O. The van der Waals surface area contributed by atoms with Gasteiger partial charge in [-0.15, -0.1) is 0 Å². The third-order valence-electron chi connectivity index (χ3n) is 2.86. The van der Waals surface area contributed by atoms with Crippen molar-refractivity contribution in [2.24, 2.45) is 0 Å². The summed E-state index contributed by atoms with van der Waals surface area (Å²) < 4.78 is 5.23. The van der Waals surface area contributed by atoms with Crippen LogP contribution in [-0.2, 0) is 0 Å². The molecule has 19 heavy (non-hydrogen) atoms. The second-order valence-electron chi connectivity index (χ2n) is 4.15. The van der Waals surface area contributed by atoms with E-state index in [-0.39, 0.29) is 0 Å². The van der Waals surface area contributed by atoms with E-state index in [1.165, 1.54) is 0 Å². The molecule has 0 saturated heterocycles. The van der Waals surface area contributed by atoms with E-state index in [4.69, 9.17) is 9.78 Å². The Balaban J connectivity index is 2.00. The molecule has 92 valence electrons. The summed E-state index contributed by atoms with van der Waals surface area (Å²) in [6.45, 7) is 2.00. The molecule has 0 aliphatic rings. The summed E-state index contributed by atoms with van der Waals surface area (Å²) in [6, 6.07) is 11.5. The zero-order chi connectivity index (χ0) is 13.2. The van der Waals surface area contributed by atoms with Crippen LogP contribution in [0.25, 0.3) is 22.8 Å². The summed E-state index contributed by atoms with van der Waals surface area (Å²) in [6.07, 6.45) is 1.67. The molecule has 0 aliphatic carbocycles. The highest BCUT2D eigenvalue weighted by Gasteiger charge is 2.13. The molecule has 0 amide bonds. The molecule has 0 atom stereocenters. The summed E-state index contributed by atoms with van der Waals surface area (Å²) >= 11 is 0. The minimum Gasteiger partial charge on any atom is -0.352 e. The molecule has 0 saturated carbocycles. The Hall–Kier alpha value is -2.87. The molecule has 0 spiro atoms. The van der Waals surface area contributed by atoms with Crippen LogP contribution in [0.2, 0.25) is 0 Å². The van der Waals surface area contributed by atoms with Crippen LogP contribution >= 0.6 is 0 Å². The molecule has 1 N–H and O–H groups in total. The van der Waals surface area contributed by atoms with E-state index in [2.05, 4.69) is 15.1 Å². The first-order chi connectivity index (χ1) is 9.28. The maximum Gasteiger partial charge on any atom is 0.259 e. The van der Waals surface area contributed by atoms with Crippen molar-refractivity contribution in [3.8, 4) is 28.9 Å². The molecule has 5 heteroatoms. The smallest absolute Gasteiger partial charge is 0.259 e. The highest BCUT2D eigenvalue weighted by molar-refractivity contribution is 5.62. The van der Waals surface area contributed by atoms with Crippen molar-refractivity contribution in [3.63, 3.8) is 0 Å². The molecule has 5 nitrogen and oxygen atoms in total. The molecule has 0 radical (unpaired) electrons. The summed E-state index contributed by atoms with van der Waals surface area (Å²) in [4.78, 5) is 7.18. The van der Waals surface area contributed by atoms with Crippen LogP contribution < -0.4 is 0 Å². The molecule has 1 aromatic carbocycles. The number of hydrogen-bond donors (Lipinski definition) is 1. The van der Waals surface area contributed by atoms with Gasteiger partial charge in [-0.05, 0) is 18.6 Å². The lowest BCUT2D eigenvalue weighted by atomic mass is 10.1. The first kappa shape index (κ1) is 11.2. The number of benzene rings is 1. The number of nitrogens with zero attached hydrogens (tertiary/aromatic N) is 3. The van der Waals surface area contributed by atoms with E-state index in [0.29, 0.717) is 23.0 Å². The minimum absolute atomic E-state index is 0.399. The van der Waals surface area contributed by atoms with E-state index in [1.807, 2.05) is 37.3 Å². The summed E-state index contributed by atoms with van der Waals surface area (Å²) in [5.74, 6) is 0.948. The van der Waals surface area contributed by atoms with Crippen LogP contribution in [-0.4, -0.2) is 15.1 Å². The van der Waals surface area contributed by atoms with E-state index < -0.39 is 0 Å². The second kappa shape index (κ2) is 4.42. The van der Waals surface area contributed by atoms with Gasteiger partial charge in [-0.1, -0.05) is 29.4 Å². The Bertz CT molecular complexity index is 764. The van der Waals surface area contributed by atoms with Crippen molar-refractivity contribution in [2.75, 3.05) is 0 Å². The van der Waals surface area contributed by atoms with Gasteiger partial charge in [0.25, 0.3) is 5.89 Å². The van der Waals surface area contributed by atoms with Gasteiger partial charge in [-0.25, -0.2) is 0 Å². The third-order valence-corrected chi connectivity index (χ3v) is 2.86. The standard InChI is InChI=1S/C14H10N4O/c1-9-4-2-3-5-12(9)13-17-14(19-18-13)10-6-11(7-15)16-8-10/h2-6,8,16H,1H3. The number of aryl methyl sites for hydroxylation is 1. The van der Waals surface area contributed by atoms with Crippen LogP contribution in [0.3, 0.4) is 0 Å². The molecule has 0 aliphatic heterocycles. The predicted molar refractivity (Wildman–Crippen MR) is 69.0 cm³/mol. The third kappa shape index (κ3) is 2.00. The summed E-state index contributed by atoms with van der Waals surface area (Å²) in [5.41, 5.74) is 3.20. The average Bonchev–Trinajstić information content (AvgIpc) is 3.08. The first-order valence-corrected chi connectivity index (χ1v) is 5.76. The van der Waals surface area contributed by atoms with Gasteiger partial charge in [0.15, 0.2) is 0 Å². The summed E-state index contributed by atoms with van der Waals surface area (Å²) in [7, 11) is 0. The fraction of sp³-hybridized carbons (Fsp3) is 0.0714. The second-order valence-corrected chi connectivity index (χ2v) is 4.15. The number of nitriles is 1. The Morgan fingerprint density at radius 3 is 2.89 bits per heavy atom. The van der Waals surface area contributed by atoms with E-state index in [1.54, 1.807) is 12.3 Å². The van der Waals surface area contributed by atoms with Crippen molar-refractivity contribution < 1.29 is 4.52 Å². The van der Waals surface area contributed by atoms with Crippen LogP contribution in [0.15, 0.2) is 41.1 Å². The quantitative estimate of drug-likeness (QED) is 0.758. The number of aromatic nitrogens is 3. The van der Waals surface area contributed by atoms with E-state index in [0.717, 1.165) is 11.1 Å². The van der Waals surface area contributed by atoms with Crippen molar-refractivity contribution >= 4 is 0 Å². The van der Waals surface area contributed by atoms with Crippen molar-refractivity contribution in [1.82, 2.24) is 15.1 Å². The van der Waals surface area contributed by atoms with Crippen molar-refractivity contribution in [2.45, 2.75) is 6.92 Å². The molecule has 2 heterocycles. The molecule has 0 fully saturated rings. The first-order valence-electron chi connectivity index (χ1n) is 5.76. The number of rotatable bonds is 2. The molecule has 0 bridgehead atoms. The maximum atomic E-state index is 8.77. The van der Waals surface area contributed by atoms with Gasteiger partial charge in [0, 0.05) is 11.8 Å². The number of nitrogens with one attached hydrogen (secondary N) is 1. The molecule has 0 unspecified atom stereocenters. The van der Waals surface area contributed by atoms with Gasteiger partial charge in [-0.3, -0.25) is 0 Å². The normalized spacial score (nSPS) is 10.3. The van der Waals surface area contributed by atoms with E-state index >= 15 is 0 Å². The summed E-state index contributed by atoms with van der Waals surface area (Å²) in [5, 5.41) is 12.7. The van der Waals surface area contributed by atoms with Crippen molar-refractivity contribution in [3.05, 3.63) is 47.8 Å². The highest BCUT2D eigenvalue weighted by Crippen LogP contribution is 2.24. The van der Waals surface area contributed by atoms with Gasteiger partial charge in [-0.2, -0.15) is 10.2 Å². The fourth-order valence-electron chi connectivity index (χ4n) is 1.86. The zero-order valence-electron chi connectivity index (χ0n) is 10.2. The van der Waals surface area contributed by atoms with Gasteiger partial charge in [0.05, 0.1) is 5.56 Å². The van der Waals surface area contributed by atoms with Crippen LogP contribution in [0, 0.1) is 18.3 Å². The lowest BCUT2D eigenvalue weighted by Crippen LogP contribution is -1.84. The van der Waals surface area contributed by atoms with Gasteiger partial charge in [0.2, 0.25) is 5.82 Å². The van der Waals surface area contributed by atoms with Crippen LogP contribution in [0.5, 0.6) is 0 Å². The SMILES string of the molecule is Cc1ccccc1-c1noc(-c2c[nH]c(C#N)c2)n1. The molecule has 3 rings (SSSR count). The lowest BCUT2D eigenvalue weighted by Gasteiger charge is -1.97.